The molecule has 0 aromatic heterocycles. The molecule has 1 heterocycles. The molecule has 0 aromatic rings. The van der Waals surface area contributed by atoms with Crippen LogP contribution in [0.15, 0.2) is 0 Å². The predicted molar refractivity (Wildman–Crippen MR) is 66.2 cm³/mol. The number of hydrogen-bond donors (Lipinski definition) is 2. The van der Waals surface area contributed by atoms with Crippen molar-refractivity contribution in [2.24, 2.45) is 11.1 Å². The summed E-state index contributed by atoms with van der Waals surface area (Å²) >= 11 is 0. The highest BCUT2D eigenvalue weighted by Gasteiger charge is 2.26. The van der Waals surface area contributed by atoms with Crippen LogP contribution in [0.5, 0.6) is 0 Å². The molecule has 1 saturated heterocycles. The number of carbonyl (C=O) groups excluding carboxylic acids is 1. The number of nitrogens with zero attached hydrogens (tertiary/aromatic N) is 1. The zero-order chi connectivity index (χ0) is 12.3. The lowest BCUT2D eigenvalue weighted by atomic mass is 9.87. The van der Waals surface area contributed by atoms with Crippen molar-refractivity contribution in [2.75, 3.05) is 13.1 Å². The zero-order valence-electron chi connectivity index (χ0n) is 10.9. The maximum absolute atomic E-state index is 11.0. The van der Waals surface area contributed by atoms with Gasteiger partial charge in [0.1, 0.15) is 0 Å². The van der Waals surface area contributed by atoms with Gasteiger partial charge in [-0.25, -0.2) is 4.79 Å². The molecule has 0 saturated carbocycles. The summed E-state index contributed by atoms with van der Waals surface area (Å²) in [4.78, 5) is 12.7. The van der Waals surface area contributed by atoms with Crippen LogP contribution in [0.25, 0.3) is 0 Å². The largest absolute Gasteiger partial charge is 0.351 e. The summed E-state index contributed by atoms with van der Waals surface area (Å²) in [7, 11) is 0. The SMILES string of the molecule is CC(NC1CCN(C(N)=O)CC1)C(C)(C)C. The van der Waals surface area contributed by atoms with Crippen molar-refractivity contribution in [1.82, 2.24) is 10.2 Å². The van der Waals surface area contributed by atoms with Gasteiger partial charge in [0.25, 0.3) is 0 Å². The first-order chi connectivity index (χ1) is 7.30. The zero-order valence-corrected chi connectivity index (χ0v) is 10.9. The van der Waals surface area contributed by atoms with Crippen LogP contribution in [-0.2, 0) is 0 Å². The third-order valence-electron chi connectivity index (χ3n) is 3.59. The number of primary amides is 1. The van der Waals surface area contributed by atoms with Crippen LogP contribution in [0.1, 0.15) is 40.5 Å². The standard InChI is InChI=1S/C12H25N3O/c1-9(12(2,3)4)14-10-5-7-15(8-6-10)11(13)16/h9-10,14H,5-8H2,1-4H3,(H2,13,16). The van der Waals surface area contributed by atoms with Crippen LogP contribution >= 0.6 is 0 Å². The molecule has 0 aliphatic carbocycles. The number of nitrogens with two attached hydrogens (primary N) is 1. The molecule has 1 unspecified atom stereocenters. The Hall–Kier alpha value is -0.770. The van der Waals surface area contributed by atoms with E-state index in [1.807, 2.05) is 0 Å². The van der Waals surface area contributed by atoms with Crippen LogP contribution in [-0.4, -0.2) is 36.1 Å². The number of hydrogen-bond acceptors (Lipinski definition) is 2. The Labute approximate surface area is 98.6 Å². The molecule has 1 aliphatic rings. The molecule has 1 fully saturated rings. The third kappa shape index (κ3) is 3.67. The van der Waals surface area contributed by atoms with Gasteiger partial charge in [0.2, 0.25) is 0 Å². The maximum atomic E-state index is 11.0. The monoisotopic (exact) mass is 227 g/mol. The number of likely N-dealkylation sites (tertiary alicyclic amines) is 1. The Bertz CT molecular complexity index is 239. The fourth-order valence-electron chi connectivity index (χ4n) is 1.87. The van der Waals surface area contributed by atoms with Crippen molar-refractivity contribution in [3.05, 3.63) is 0 Å². The van der Waals surface area contributed by atoms with E-state index in [9.17, 15) is 4.79 Å². The van der Waals surface area contributed by atoms with Crippen molar-refractivity contribution in [3.63, 3.8) is 0 Å². The van der Waals surface area contributed by atoms with Crippen LogP contribution in [0, 0.1) is 5.41 Å². The van der Waals surface area contributed by atoms with E-state index in [2.05, 4.69) is 33.0 Å². The highest BCUT2D eigenvalue weighted by Crippen LogP contribution is 2.21. The summed E-state index contributed by atoms with van der Waals surface area (Å²) in [5, 5.41) is 3.64. The van der Waals surface area contributed by atoms with Gasteiger partial charge in [-0.05, 0) is 25.2 Å². The third-order valence-corrected chi connectivity index (χ3v) is 3.59. The number of nitrogens with one attached hydrogen (secondary N) is 1. The summed E-state index contributed by atoms with van der Waals surface area (Å²) in [5.74, 6) is 0. The van der Waals surface area contributed by atoms with E-state index in [1.165, 1.54) is 0 Å². The van der Waals surface area contributed by atoms with Gasteiger partial charge in [0.05, 0.1) is 0 Å². The fourth-order valence-corrected chi connectivity index (χ4v) is 1.87. The lowest BCUT2D eigenvalue weighted by Crippen LogP contribution is -2.51. The molecule has 4 heteroatoms. The van der Waals surface area contributed by atoms with Crippen LogP contribution in [0.4, 0.5) is 4.79 Å². The molecule has 3 N–H and O–H groups in total. The molecule has 94 valence electrons. The van der Waals surface area contributed by atoms with Gasteiger partial charge >= 0.3 is 6.03 Å². The minimum absolute atomic E-state index is 0.279. The second-order valence-corrected chi connectivity index (χ2v) is 5.85. The lowest BCUT2D eigenvalue weighted by Gasteiger charge is -2.36. The summed E-state index contributed by atoms with van der Waals surface area (Å²) < 4.78 is 0. The van der Waals surface area contributed by atoms with E-state index in [0.29, 0.717) is 12.1 Å². The van der Waals surface area contributed by atoms with Gasteiger partial charge in [0.15, 0.2) is 0 Å². The fraction of sp³-hybridized carbons (Fsp3) is 0.917. The van der Waals surface area contributed by atoms with E-state index >= 15 is 0 Å². The number of piperidine rings is 1. The number of urea groups is 1. The van der Waals surface area contributed by atoms with E-state index in [4.69, 9.17) is 5.73 Å². The van der Waals surface area contributed by atoms with E-state index < -0.39 is 0 Å². The summed E-state index contributed by atoms with van der Waals surface area (Å²) in [5.41, 5.74) is 5.53. The van der Waals surface area contributed by atoms with Gasteiger partial charge in [0, 0.05) is 25.2 Å². The van der Waals surface area contributed by atoms with Gasteiger partial charge < -0.3 is 16.0 Å². The van der Waals surface area contributed by atoms with Crippen LogP contribution in [0.3, 0.4) is 0 Å². The average molecular weight is 227 g/mol. The highest BCUT2D eigenvalue weighted by atomic mass is 16.2. The Morgan fingerprint density at radius 3 is 2.25 bits per heavy atom. The minimum atomic E-state index is -0.290. The first-order valence-electron chi connectivity index (χ1n) is 6.11. The van der Waals surface area contributed by atoms with E-state index in [0.717, 1.165) is 25.9 Å². The summed E-state index contributed by atoms with van der Waals surface area (Å²) in [6, 6.07) is 0.713. The van der Waals surface area contributed by atoms with Crippen molar-refractivity contribution in [3.8, 4) is 0 Å². The molecule has 0 aromatic carbocycles. The molecule has 16 heavy (non-hydrogen) atoms. The van der Waals surface area contributed by atoms with E-state index in [-0.39, 0.29) is 11.4 Å². The smallest absolute Gasteiger partial charge is 0.314 e. The summed E-state index contributed by atoms with van der Waals surface area (Å²) in [6.45, 7) is 10.5. The van der Waals surface area contributed by atoms with Crippen molar-refractivity contribution < 1.29 is 4.79 Å². The average Bonchev–Trinajstić information content (AvgIpc) is 2.17. The molecule has 1 rings (SSSR count). The Morgan fingerprint density at radius 2 is 1.88 bits per heavy atom. The first kappa shape index (κ1) is 13.3. The van der Waals surface area contributed by atoms with Crippen molar-refractivity contribution in [2.45, 2.75) is 52.6 Å². The highest BCUT2D eigenvalue weighted by molar-refractivity contribution is 5.72. The molecule has 0 radical (unpaired) electrons. The molecule has 0 spiro atoms. The van der Waals surface area contributed by atoms with Gasteiger partial charge in [-0.2, -0.15) is 0 Å². The van der Waals surface area contributed by atoms with Crippen molar-refractivity contribution >= 4 is 6.03 Å². The maximum Gasteiger partial charge on any atom is 0.314 e. The molecular formula is C12H25N3O. The van der Waals surface area contributed by atoms with Crippen LogP contribution < -0.4 is 11.1 Å². The van der Waals surface area contributed by atoms with Crippen molar-refractivity contribution in [1.29, 1.82) is 0 Å². The van der Waals surface area contributed by atoms with E-state index in [1.54, 1.807) is 4.90 Å². The Morgan fingerprint density at radius 1 is 1.38 bits per heavy atom. The minimum Gasteiger partial charge on any atom is -0.351 e. The first-order valence-corrected chi connectivity index (χ1v) is 6.11. The normalized spacial score (nSPS) is 20.9. The molecular weight excluding hydrogens is 202 g/mol. The van der Waals surface area contributed by atoms with Gasteiger partial charge in [-0.3, -0.25) is 0 Å². The number of amides is 2. The molecule has 1 aliphatic heterocycles. The Balaban J connectivity index is 2.35. The second kappa shape index (κ2) is 5.04. The molecule has 1 atom stereocenters. The predicted octanol–water partition coefficient (Wildman–Crippen LogP) is 1.55. The summed E-state index contributed by atoms with van der Waals surface area (Å²) in [6.07, 6.45) is 2.01. The molecule has 4 nitrogen and oxygen atoms in total. The van der Waals surface area contributed by atoms with Gasteiger partial charge in [-0.15, -0.1) is 0 Å². The number of carbonyl (C=O) groups is 1. The quantitative estimate of drug-likeness (QED) is 0.752. The Kier molecular flexibility index (Phi) is 4.19. The lowest BCUT2D eigenvalue weighted by molar-refractivity contribution is 0.172. The second-order valence-electron chi connectivity index (χ2n) is 5.85. The molecule has 0 bridgehead atoms. The van der Waals surface area contributed by atoms with Crippen LogP contribution in [0.2, 0.25) is 0 Å². The number of rotatable bonds is 2. The topological polar surface area (TPSA) is 58.4 Å². The molecule has 2 amide bonds. The van der Waals surface area contributed by atoms with Gasteiger partial charge in [-0.1, -0.05) is 20.8 Å².